The second kappa shape index (κ2) is 5.87. The second-order valence-electron chi connectivity index (χ2n) is 3.56. The summed E-state index contributed by atoms with van der Waals surface area (Å²) in [5.41, 5.74) is 4.64. The molecule has 0 atom stereocenters. The van der Waals surface area contributed by atoms with Gasteiger partial charge in [-0.25, -0.2) is 4.98 Å². The van der Waals surface area contributed by atoms with E-state index in [0.29, 0.717) is 6.20 Å². The molecule has 0 bridgehead atoms. The predicted molar refractivity (Wildman–Crippen MR) is 60.0 cm³/mol. The summed E-state index contributed by atoms with van der Waals surface area (Å²) >= 11 is 0. The SMILES string of the molecule is Nc1ncc(C(F)(F)F)cc1N(CCO)CCO. The Kier molecular flexibility index (Phi) is 4.74. The van der Waals surface area contributed by atoms with Gasteiger partial charge in [0.15, 0.2) is 0 Å². The molecule has 0 aromatic carbocycles. The normalized spacial score (nSPS) is 11.6. The van der Waals surface area contributed by atoms with Crippen LogP contribution in [0.3, 0.4) is 0 Å². The second-order valence-corrected chi connectivity index (χ2v) is 3.56. The lowest BCUT2D eigenvalue weighted by atomic mass is 10.2. The van der Waals surface area contributed by atoms with E-state index in [9.17, 15) is 13.2 Å². The van der Waals surface area contributed by atoms with Crippen molar-refractivity contribution >= 4 is 11.5 Å². The third-order valence-corrected chi connectivity index (χ3v) is 2.31. The number of pyridine rings is 1. The van der Waals surface area contributed by atoms with Gasteiger partial charge in [0.05, 0.1) is 24.5 Å². The molecule has 1 aromatic rings. The highest BCUT2D eigenvalue weighted by molar-refractivity contribution is 5.64. The maximum atomic E-state index is 12.5. The van der Waals surface area contributed by atoms with Gasteiger partial charge in [0.25, 0.3) is 0 Å². The van der Waals surface area contributed by atoms with Crippen LogP contribution in [-0.2, 0) is 6.18 Å². The first kappa shape index (κ1) is 14.5. The topological polar surface area (TPSA) is 82.6 Å². The zero-order valence-corrected chi connectivity index (χ0v) is 9.48. The van der Waals surface area contributed by atoms with Crippen LogP contribution in [0.15, 0.2) is 12.3 Å². The van der Waals surface area contributed by atoms with Crippen molar-refractivity contribution in [2.75, 3.05) is 36.9 Å². The zero-order chi connectivity index (χ0) is 13.8. The van der Waals surface area contributed by atoms with Crippen LogP contribution in [0.1, 0.15) is 5.56 Å². The predicted octanol–water partition coefficient (Wildman–Crippen LogP) is 0.474. The summed E-state index contributed by atoms with van der Waals surface area (Å²) < 4.78 is 37.6. The van der Waals surface area contributed by atoms with Gasteiger partial charge in [-0.05, 0) is 6.07 Å². The highest BCUT2D eigenvalue weighted by atomic mass is 19.4. The lowest BCUT2D eigenvalue weighted by Gasteiger charge is -2.24. The summed E-state index contributed by atoms with van der Waals surface area (Å²) in [6.45, 7) is -0.410. The van der Waals surface area contributed by atoms with Crippen molar-refractivity contribution < 1.29 is 23.4 Å². The fraction of sp³-hybridized carbons (Fsp3) is 0.500. The molecule has 1 aromatic heterocycles. The number of aliphatic hydroxyl groups excluding tert-OH is 2. The number of anilines is 2. The van der Waals surface area contributed by atoms with Crippen LogP contribution >= 0.6 is 0 Å². The van der Waals surface area contributed by atoms with E-state index in [1.807, 2.05) is 0 Å². The number of hydrogen-bond acceptors (Lipinski definition) is 5. The molecule has 8 heteroatoms. The van der Waals surface area contributed by atoms with E-state index in [4.69, 9.17) is 15.9 Å². The Balaban J connectivity index is 3.11. The van der Waals surface area contributed by atoms with Gasteiger partial charge in [-0.1, -0.05) is 0 Å². The van der Waals surface area contributed by atoms with Gasteiger partial charge in [-0.2, -0.15) is 13.2 Å². The standard InChI is InChI=1S/C10H14F3N3O2/c11-10(12,13)7-5-8(9(14)15-6-7)16(1-3-17)2-4-18/h5-6,17-18H,1-4H2,(H2,14,15). The molecule has 5 nitrogen and oxygen atoms in total. The van der Waals surface area contributed by atoms with Gasteiger partial charge in [0, 0.05) is 19.3 Å². The van der Waals surface area contributed by atoms with E-state index in [0.717, 1.165) is 6.07 Å². The maximum absolute atomic E-state index is 12.5. The Bertz CT molecular complexity index is 392. The van der Waals surface area contributed by atoms with E-state index in [2.05, 4.69) is 4.98 Å². The summed E-state index contributed by atoms with van der Waals surface area (Å²) in [6.07, 6.45) is -3.87. The van der Waals surface area contributed by atoms with Crippen LogP contribution in [0.25, 0.3) is 0 Å². The molecule has 1 rings (SSSR count). The molecule has 4 N–H and O–H groups in total. The third-order valence-electron chi connectivity index (χ3n) is 2.31. The lowest BCUT2D eigenvalue weighted by Crippen LogP contribution is -2.31. The van der Waals surface area contributed by atoms with Crippen molar-refractivity contribution in [3.63, 3.8) is 0 Å². The fourth-order valence-electron chi connectivity index (χ4n) is 1.47. The number of nitrogens with two attached hydrogens (primary N) is 1. The van der Waals surface area contributed by atoms with Gasteiger partial charge >= 0.3 is 6.18 Å². The van der Waals surface area contributed by atoms with E-state index < -0.39 is 11.7 Å². The van der Waals surface area contributed by atoms with Crippen molar-refractivity contribution in [3.05, 3.63) is 17.8 Å². The molecular weight excluding hydrogens is 251 g/mol. The number of alkyl halides is 3. The number of aromatic nitrogens is 1. The first-order valence-electron chi connectivity index (χ1n) is 5.19. The van der Waals surface area contributed by atoms with E-state index in [1.165, 1.54) is 4.90 Å². The van der Waals surface area contributed by atoms with Gasteiger partial charge in [-0.3, -0.25) is 0 Å². The number of halogens is 3. The molecule has 0 aliphatic carbocycles. The first-order chi connectivity index (χ1) is 8.40. The molecule has 0 fully saturated rings. The molecule has 0 aliphatic heterocycles. The molecule has 102 valence electrons. The summed E-state index contributed by atoms with van der Waals surface area (Å²) in [6, 6.07) is 0.855. The van der Waals surface area contributed by atoms with E-state index >= 15 is 0 Å². The number of nitrogens with zero attached hydrogens (tertiary/aromatic N) is 2. The van der Waals surface area contributed by atoms with Crippen LogP contribution in [0.4, 0.5) is 24.7 Å². The molecule has 18 heavy (non-hydrogen) atoms. The quantitative estimate of drug-likeness (QED) is 0.721. The Hall–Kier alpha value is -1.54. The molecule has 0 saturated heterocycles. The fourth-order valence-corrected chi connectivity index (χ4v) is 1.47. The average molecular weight is 265 g/mol. The molecule has 0 radical (unpaired) electrons. The molecule has 0 amide bonds. The smallest absolute Gasteiger partial charge is 0.395 e. The van der Waals surface area contributed by atoms with Gasteiger partial charge in [0.2, 0.25) is 0 Å². The largest absolute Gasteiger partial charge is 0.417 e. The molecular formula is C10H14F3N3O2. The van der Waals surface area contributed by atoms with Crippen LogP contribution in [0, 0.1) is 0 Å². The number of rotatable bonds is 5. The van der Waals surface area contributed by atoms with Gasteiger partial charge < -0.3 is 20.8 Å². The van der Waals surface area contributed by atoms with Crippen LogP contribution in [0.2, 0.25) is 0 Å². The van der Waals surface area contributed by atoms with Crippen LogP contribution < -0.4 is 10.6 Å². The van der Waals surface area contributed by atoms with Gasteiger partial charge in [-0.15, -0.1) is 0 Å². The van der Waals surface area contributed by atoms with Crippen LogP contribution in [-0.4, -0.2) is 41.5 Å². The molecule has 0 aliphatic rings. The monoisotopic (exact) mass is 265 g/mol. The maximum Gasteiger partial charge on any atom is 0.417 e. The first-order valence-corrected chi connectivity index (χ1v) is 5.19. The van der Waals surface area contributed by atoms with E-state index in [-0.39, 0.29) is 37.8 Å². The Morgan fingerprint density at radius 2 is 1.78 bits per heavy atom. The summed E-state index contributed by atoms with van der Waals surface area (Å²) in [5, 5.41) is 17.7. The molecule has 1 heterocycles. The van der Waals surface area contributed by atoms with E-state index in [1.54, 1.807) is 0 Å². The van der Waals surface area contributed by atoms with Crippen molar-refractivity contribution in [2.24, 2.45) is 0 Å². The minimum absolute atomic E-state index is 0.0490. The number of nitrogen functional groups attached to an aromatic ring is 1. The van der Waals surface area contributed by atoms with Crippen LogP contribution in [0.5, 0.6) is 0 Å². The van der Waals surface area contributed by atoms with Crippen molar-refractivity contribution in [1.82, 2.24) is 4.98 Å². The average Bonchev–Trinajstić information content (AvgIpc) is 2.28. The number of aliphatic hydroxyl groups is 2. The Morgan fingerprint density at radius 1 is 1.22 bits per heavy atom. The highest BCUT2D eigenvalue weighted by Gasteiger charge is 2.32. The minimum Gasteiger partial charge on any atom is -0.395 e. The summed E-state index contributed by atoms with van der Waals surface area (Å²) in [5.74, 6) is -0.0788. The zero-order valence-electron chi connectivity index (χ0n) is 9.48. The third kappa shape index (κ3) is 3.47. The molecule has 0 spiro atoms. The number of hydrogen-bond donors (Lipinski definition) is 3. The Labute approximate surface area is 102 Å². The summed E-state index contributed by atoms with van der Waals surface area (Å²) in [4.78, 5) is 4.83. The molecule has 0 unspecified atom stereocenters. The van der Waals surface area contributed by atoms with Gasteiger partial charge in [0.1, 0.15) is 5.82 Å². The lowest BCUT2D eigenvalue weighted by molar-refractivity contribution is -0.137. The Morgan fingerprint density at radius 3 is 2.22 bits per heavy atom. The summed E-state index contributed by atoms with van der Waals surface area (Å²) in [7, 11) is 0. The minimum atomic E-state index is -4.51. The molecule has 0 saturated carbocycles. The van der Waals surface area contributed by atoms with Crippen molar-refractivity contribution in [3.8, 4) is 0 Å². The van der Waals surface area contributed by atoms with Crippen molar-refractivity contribution in [1.29, 1.82) is 0 Å². The highest BCUT2D eigenvalue weighted by Crippen LogP contribution is 2.33. The van der Waals surface area contributed by atoms with Crippen molar-refractivity contribution in [2.45, 2.75) is 6.18 Å².